The molecule has 0 bridgehead atoms. The number of unbranched alkanes of at least 4 members (excludes halogenated alkanes) is 2. The SMILES string of the molecule is CCCCCNC(=O)C1CC(=O)N1. The maximum atomic E-state index is 11.2. The van der Waals surface area contributed by atoms with Gasteiger partial charge in [0.05, 0.1) is 6.42 Å². The van der Waals surface area contributed by atoms with Crippen LogP contribution in [0.1, 0.15) is 32.6 Å². The molecule has 0 aliphatic carbocycles. The standard InChI is InChI=1S/C9H16N2O2/c1-2-3-4-5-10-9(13)7-6-8(12)11-7/h7H,2-6H2,1H3,(H,10,13)(H,11,12). The highest BCUT2D eigenvalue weighted by Crippen LogP contribution is 2.03. The minimum atomic E-state index is -0.269. The van der Waals surface area contributed by atoms with Crippen LogP contribution in [0.4, 0.5) is 0 Å². The van der Waals surface area contributed by atoms with Crippen LogP contribution in [-0.2, 0) is 9.59 Å². The lowest BCUT2D eigenvalue weighted by atomic mass is 10.1. The van der Waals surface area contributed by atoms with Crippen LogP contribution in [0.3, 0.4) is 0 Å². The first kappa shape index (κ1) is 10.0. The molecule has 1 rings (SSSR count). The van der Waals surface area contributed by atoms with Gasteiger partial charge in [0.2, 0.25) is 11.8 Å². The van der Waals surface area contributed by atoms with E-state index >= 15 is 0 Å². The topological polar surface area (TPSA) is 58.2 Å². The second-order valence-electron chi connectivity index (χ2n) is 3.32. The Morgan fingerprint density at radius 3 is 2.85 bits per heavy atom. The molecule has 1 fully saturated rings. The number of β-lactam (4-membered cyclic amide) rings is 1. The summed E-state index contributed by atoms with van der Waals surface area (Å²) in [5, 5.41) is 5.32. The molecule has 13 heavy (non-hydrogen) atoms. The van der Waals surface area contributed by atoms with Gasteiger partial charge < -0.3 is 10.6 Å². The van der Waals surface area contributed by atoms with Gasteiger partial charge in [-0.15, -0.1) is 0 Å². The molecule has 0 aromatic heterocycles. The summed E-state index contributed by atoms with van der Waals surface area (Å²) in [4.78, 5) is 21.7. The van der Waals surface area contributed by atoms with Crippen molar-refractivity contribution in [3.8, 4) is 0 Å². The van der Waals surface area contributed by atoms with E-state index in [9.17, 15) is 9.59 Å². The highest BCUT2D eigenvalue weighted by molar-refractivity contribution is 5.97. The average molecular weight is 184 g/mol. The minimum absolute atomic E-state index is 0.0336. The second-order valence-corrected chi connectivity index (χ2v) is 3.32. The summed E-state index contributed by atoms with van der Waals surface area (Å²) in [5.74, 6) is -0.0792. The summed E-state index contributed by atoms with van der Waals surface area (Å²) < 4.78 is 0. The maximum Gasteiger partial charge on any atom is 0.243 e. The van der Waals surface area contributed by atoms with E-state index in [0.29, 0.717) is 6.42 Å². The zero-order chi connectivity index (χ0) is 9.68. The third kappa shape index (κ3) is 3.05. The zero-order valence-corrected chi connectivity index (χ0v) is 7.93. The van der Waals surface area contributed by atoms with Gasteiger partial charge in [0.15, 0.2) is 0 Å². The Balaban J connectivity index is 2.02. The Morgan fingerprint density at radius 1 is 1.62 bits per heavy atom. The molecule has 2 amide bonds. The highest BCUT2D eigenvalue weighted by Gasteiger charge is 2.31. The van der Waals surface area contributed by atoms with E-state index < -0.39 is 0 Å². The first-order chi connectivity index (χ1) is 6.24. The number of amides is 2. The molecule has 0 saturated carbocycles. The van der Waals surface area contributed by atoms with Crippen molar-refractivity contribution >= 4 is 11.8 Å². The monoisotopic (exact) mass is 184 g/mol. The molecule has 4 heteroatoms. The molecule has 0 radical (unpaired) electrons. The Morgan fingerprint density at radius 2 is 2.31 bits per heavy atom. The van der Waals surface area contributed by atoms with Crippen molar-refractivity contribution in [2.75, 3.05) is 6.54 Å². The van der Waals surface area contributed by atoms with E-state index in [1.54, 1.807) is 0 Å². The molecule has 1 aliphatic rings. The zero-order valence-electron chi connectivity index (χ0n) is 7.93. The number of nitrogens with one attached hydrogen (secondary N) is 2. The van der Waals surface area contributed by atoms with Crippen molar-refractivity contribution in [1.82, 2.24) is 10.6 Å². The van der Waals surface area contributed by atoms with Gasteiger partial charge in [0.25, 0.3) is 0 Å². The van der Waals surface area contributed by atoms with E-state index in [0.717, 1.165) is 25.8 Å². The molecule has 0 aromatic carbocycles. The Hall–Kier alpha value is -1.06. The van der Waals surface area contributed by atoms with Crippen molar-refractivity contribution in [2.45, 2.75) is 38.6 Å². The average Bonchev–Trinajstić information content (AvgIpc) is 2.07. The first-order valence-electron chi connectivity index (χ1n) is 4.81. The summed E-state index contributed by atoms with van der Waals surface area (Å²) in [6, 6.07) is -0.269. The quantitative estimate of drug-likeness (QED) is 0.473. The van der Waals surface area contributed by atoms with E-state index in [2.05, 4.69) is 17.6 Å². The molecule has 1 saturated heterocycles. The van der Waals surface area contributed by atoms with Crippen molar-refractivity contribution < 1.29 is 9.59 Å². The molecule has 0 spiro atoms. The Kier molecular flexibility index (Phi) is 3.73. The summed E-state index contributed by atoms with van der Waals surface area (Å²) >= 11 is 0. The van der Waals surface area contributed by atoms with E-state index in [-0.39, 0.29) is 17.9 Å². The van der Waals surface area contributed by atoms with Crippen molar-refractivity contribution in [2.24, 2.45) is 0 Å². The van der Waals surface area contributed by atoms with Gasteiger partial charge in [-0.05, 0) is 6.42 Å². The number of carbonyl (C=O) groups excluding carboxylic acids is 2. The van der Waals surface area contributed by atoms with E-state index in [1.807, 2.05) is 0 Å². The van der Waals surface area contributed by atoms with Crippen molar-refractivity contribution in [1.29, 1.82) is 0 Å². The smallest absolute Gasteiger partial charge is 0.243 e. The minimum Gasteiger partial charge on any atom is -0.354 e. The number of rotatable bonds is 5. The summed E-state index contributed by atoms with van der Waals surface area (Å²) in [6.07, 6.45) is 3.65. The molecule has 4 nitrogen and oxygen atoms in total. The fourth-order valence-electron chi connectivity index (χ4n) is 1.23. The summed E-state index contributed by atoms with van der Waals surface area (Å²) in [5.41, 5.74) is 0. The largest absolute Gasteiger partial charge is 0.354 e. The predicted octanol–water partition coefficient (Wildman–Crippen LogP) is 0.181. The predicted molar refractivity (Wildman–Crippen MR) is 49.1 cm³/mol. The van der Waals surface area contributed by atoms with Gasteiger partial charge in [0.1, 0.15) is 6.04 Å². The fourth-order valence-corrected chi connectivity index (χ4v) is 1.23. The van der Waals surface area contributed by atoms with Crippen LogP contribution in [0, 0.1) is 0 Å². The number of carbonyl (C=O) groups is 2. The third-order valence-electron chi connectivity index (χ3n) is 2.12. The number of hydrogen-bond acceptors (Lipinski definition) is 2. The van der Waals surface area contributed by atoms with Gasteiger partial charge >= 0.3 is 0 Å². The lowest BCUT2D eigenvalue weighted by Crippen LogP contribution is -2.56. The van der Waals surface area contributed by atoms with Crippen molar-refractivity contribution in [3.05, 3.63) is 0 Å². The van der Waals surface area contributed by atoms with Crippen molar-refractivity contribution in [3.63, 3.8) is 0 Å². The van der Waals surface area contributed by atoms with Gasteiger partial charge in [-0.3, -0.25) is 9.59 Å². The molecular formula is C9H16N2O2. The van der Waals surface area contributed by atoms with E-state index in [1.165, 1.54) is 0 Å². The maximum absolute atomic E-state index is 11.2. The molecule has 1 heterocycles. The van der Waals surface area contributed by atoms with Gasteiger partial charge in [-0.2, -0.15) is 0 Å². The third-order valence-corrected chi connectivity index (χ3v) is 2.12. The molecular weight excluding hydrogens is 168 g/mol. The fraction of sp³-hybridized carbons (Fsp3) is 0.778. The van der Waals surface area contributed by atoms with Crippen LogP contribution >= 0.6 is 0 Å². The molecule has 2 N–H and O–H groups in total. The lowest BCUT2D eigenvalue weighted by Gasteiger charge is -2.25. The van der Waals surface area contributed by atoms with Gasteiger partial charge in [-0.1, -0.05) is 19.8 Å². The van der Waals surface area contributed by atoms with Crippen LogP contribution < -0.4 is 10.6 Å². The Labute approximate surface area is 78.1 Å². The first-order valence-corrected chi connectivity index (χ1v) is 4.81. The summed E-state index contributed by atoms with van der Waals surface area (Å²) in [7, 11) is 0. The van der Waals surface area contributed by atoms with Crippen LogP contribution in [-0.4, -0.2) is 24.4 Å². The molecule has 1 atom stereocenters. The molecule has 1 aliphatic heterocycles. The number of hydrogen-bond donors (Lipinski definition) is 2. The van der Waals surface area contributed by atoms with Gasteiger partial charge in [-0.25, -0.2) is 0 Å². The van der Waals surface area contributed by atoms with Crippen LogP contribution in [0.2, 0.25) is 0 Å². The highest BCUT2D eigenvalue weighted by atomic mass is 16.2. The van der Waals surface area contributed by atoms with Crippen LogP contribution in [0.15, 0.2) is 0 Å². The molecule has 1 unspecified atom stereocenters. The Bertz CT molecular complexity index is 196. The molecule has 74 valence electrons. The summed E-state index contributed by atoms with van der Waals surface area (Å²) in [6.45, 7) is 2.84. The van der Waals surface area contributed by atoms with Crippen LogP contribution in [0.25, 0.3) is 0 Å². The molecule has 0 aromatic rings. The second kappa shape index (κ2) is 4.84. The van der Waals surface area contributed by atoms with Gasteiger partial charge in [0, 0.05) is 6.54 Å². The van der Waals surface area contributed by atoms with E-state index in [4.69, 9.17) is 0 Å². The normalized spacial score (nSPS) is 20.4. The van der Waals surface area contributed by atoms with Crippen LogP contribution in [0.5, 0.6) is 0 Å². The lowest BCUT2D eigenvalue weighted by molar-refractivity contribution is -0.137.